The van der Waals surface area contributed by atoms with Crippen molar-refractivity contribution in [2.45, 2.75) is 33.1 Å². The Morgan fingerprint density at radius 1 is 1.20 bits per heavy atom. The molecule has 1 fully saturated rings. The minimum atomic E-state index is -0.334. The first-order chi connectivity index (χ1) is 7.13. The van der Waals surface area contributed by atoms with Crippen LogP contribution in [-0.4, -0.2) is 48.0 Å². The van der Waals surface area contributed by atoms with E-state index in [1.807, 2.05) is 6.92 Å². The van der Waals surface area contributed by atoms with E-state index in [1.54, 1.807) is 0 Å². The van der Waals surface area contributed by atoms with Crippen LogP contribution in [-0.2, 0) is 0 Å². The zero-order valence-electron chi connectivity index (χ0n) is 10.1. The molecule has 3 nitrogen and oxygen atoms in total. The summed E-state index contributed by atoms with van der Waals surface area (Å²) < 4.78 is 0. The number of hydrogen-bond donors (Lipinski definition) is 2. The summed E-state index contributed by atoms with van der Waals surface area (Å²) >= 11 is 0. The summed E-state index contributed by atoms with van der Waals surface area (Å²) in [6, 6.07) is 0. The lowest BCUT2D eigenvalue weighted by Crippen LogP contribution is -2.44. The molecule has 0 amide bonds. The fourth-order valence-corrected chi connectivity index (χ4v) is 2.24. The van der Waals surface area contributed by atoms with E-state index in [1.165, 1.54) is 19.3 Å². The Hall–Kier alpha value is -0.120. The van der Waals surface area contributed by atoms with Crippen molar-refractivity contribution < 1.29 is 10.2 Å². The molecule has 0 spiro atoms. The number of piperidine rings is 1. The molecule has 1 aliphatic heterocycles. The van der Waals surface area contributed by atoms with Crippen LogP contribution in [0.3, 0.4) is 0 Å². The van der Waals surface area contributed by atoms with Crippen LogP contribution in [0.15, 0.2) is 0 Å². The molecule has 1 aliphatic rings. The molecule has 3 heteroatoms. The van der Waals surface area contributed by atoms with E-state index in [0.717, 1.165) is 25.6 Å². The van der Waals surface area contributed by atoms with E-state index >= 15 is 0 Å². The van der Waals surface area contributed by atoms with Crippen LogP contribution >= 0.6 is 0 Å². The van der Waals surface area contributed by atoms with Crippen LogP contribution in [0.4, 0.5) is 0 Å². The summed E-state index contributed by atoms with van der Waals surface area (Å²) in [5, 5.41) is 18.5. The third-order valence-electron chi connectivity index (χ3n) is 3.65. The highest BCUT2D eigenvalue weighted by Gasteiger charge is 2.27. The first kappa shape index (κ1) is 12.9. The largest absolute Gasteiger partial charge is 0.396 e. The van der Waals surface area contributed by atoms with Gasteiger partial charge in [-0.25, -0.2) is 0 Å². The van der Waals surface area contributed by atoms with Gasteiger partial charge in [0.25, 0.3) is 0 Å². The summed E-state index contributed by atoms with van der Waals surface area (Å²) in [6.07, 6.45) is 3.82. The molecule has 0 unspecified atom stereocenters. The average molecular weight is 215 g/mol. The second-order valence-electron chi connectivity index (χ2n) is 5.25. The Labute approximate surface area is 93.1 Å². The van der Waals surface area contributed by atoms with Crippen LogP contribution < -0.4 is 0 Å². The maximum absolute atomic E-state index is 9.23. The first-order valence-electron chi connectivity index (χ1n) is 6.07. The standard InChI is InChI=1S/C12H25NO2/c1-3-11-4-6-13(7-5-11)8-12(2,9-14)10-15/h11,14-15H,3-10H2,1-2H3. The summed E-state index contributed by atoms with van der Waals surface area (Å²) in [4.78, 5) is 2.37. The Morgan fingerprint density at radius 2 is 1.73 bits per heavy atom. The van der Waals surface area contributed by atoms with Crippen molar-refractivity contribution in [2.24, 2.45) is 11.3 Å². The molecule has 2 N–H and O–H groups in total. The van der Waals surface area contributed by atoms with Crippen molar-refractivity contribution in [2.75, 3.05) is 32.8 Å². The van der Waals surface area contributed by atoms with Crippen molar-refractivity contribution >= 4 is 0 Å². The Morgan fingerprint density at radius 3 is 2.13 bits per heavy atom. The van der Waals surface area contributed by atoms with E-state index in [4.69, 9.17) is 0 Å². The molecule has 0 aromatic rings. The quantitative estimate of drug-likeness (QED) is 0.722. The van der Waals surface area contributed by atoms with Gasteiger partial charge < -0.3 is 15.1 Å². The average Bonchev–Trinajstić information content (AvgIpc) is 2.30. The van der Waals surface area contributed by atoms with Crippen LogP contribution in [0.1, 0.15) is 33.1 Å². The van der Waals surface area contributed by atoms with E-state index in [2.05, 4.69) is 11.8 Å². The zero-order valence-corrected chi connectivity index (χ0v) is 10.1. The highest BCUT2D eigenvalue weighted by Crippen LogP contribution is 2.23. The van der Waals surface area contributed by atoms with Crippen molar-refractivity contribution in [3.8, 4) is 0 Å². The molecule has 0 aliphatic carbocycles. The van der Waals surface area contributed by atoms with E-state index in [-0.39, 0.29) is 18.6 Å². The summed E-state index contributed by atoms with van der Waals surface area (Å²) in [5.74, 6) is 0.885. The monoisotopic (exact) mass is 215 g/mol. The van der Waals surface area contributed by atoms with Crippen molar-refractivity contribution in [3.05, 3.63) is 0 Å². The summed E-state index contributed by atoms with van der Waals surface area (Å²) in [7, 11) is 0. The number of nitrogens with zero attached hydrogens (tertiary/aromatic N) is 1. The molecule has 0 bridgehead atoms. The second-order valence-corrected chi connectivity index (χ2v) is 5.25. The SMILES string of the molecule is CCC1CCN(CC(C)(CO)CO)CC1. The number of aliphatic hydroxyl groups is 2. The molecule has 0 saturated carbocycles. The molecule has 0 aromatic heterocycles. The minimum Gasteiger partial charge on any atom is -0.396 e. The molecule has 15 heavy (non-hydrogen) atoms. The topological polar surface area (TPSA) is 43.7 Å². The van der Waals surface area contributed by atoms with E-state index in [0.29, 0.717) is 0 Å². The summed E-state index contributed by atoms with van der Waals surface area (Å²) in [5.41, 5.74) is -0.334. The van der Waals surface area contributed by atoms with Gasteiger partial charge in [0, 0.05) is 12.0 Å². The lowest BCUT2D eigenvalue weighted by atomic mass is 9.89. The van der Waals surface area contributed by atoms with Crippen LogP contribution in [0.2, 0.25) is 0 Å². The van der Waals surface area contributed by atoms with Crippen molar-refractivity contribution in [1.82, 2.24) is 4.90 Å². The molecule has 90 valence electrons. The molecule has 0 atom stereocenters. The lowest BCUT2D eigenvalue weighted by molar-refractivity contribution is 0.0248. The lowest BCUT2D eigenvalue weighted by Gasteiger charge is -2.37. The number of rotatable bonds is 5. The van der Waals surface area contributed by atoms with Gasteiger partial charge in [-0.05, 0) is 31.8 Å². The smallest absolute Gasteiger partial charge is 0.0519 e. The van der Waals surface area contributed by atoms with Gasteiger partial charge >= 0.3 is 0 Å². The van der Waals surface area contributed by atoms with Gasteiger partial charge in [0.05, 0.1) is 13.2 Å². The molecule has 1 saturated heterocycles. The second kappa shape index (κ2) is 5.83. The fraction of sp³-hybridized carbons (Fsp3) is 1.00. The minimum absolute atomic E-state index is 0.0667. The Kier molecular flexibility index (Phi) is 5.03. The van der Waals surface area contributed by atoms with Crippen LogP contribution in [0, 0.1) is 11.3 Å². The molecule has 0 aromatic carbocycles. The molecular formula is C12H25NO2. The van der Waals surface area contributed by atoms with Gasteiger partial charge in [-0.15, -0.1) is 0 Å². The van der Waals surface area contributed by atoms with Crippen molar-refractivity contribution in [3.63, 3.8) is 0 Å². The maximum atomic E-state index is 9.23. The van der Waals surface area contributed by atoms with E-state index < -0.39 is 0 Å². The highest BCUT2D eigenvalue weighted by atomic mass is 16.3. The molecule has 1 rings (SSSR count). The molecule has 0 radical (unpaired) electrons. The predicted octanol–water partition coefficient (Wildman–Crippen LogP) is 1.10. The maximum Gasteiger partial charge on any atom is 0.0519 e. The van der Waals surface area contributed by atoms with Gasteiger partial charge in [-0.3, -0.25) is 0 Å². The number of hydrogen-bond acceptors (Lipinski definition) is 3. The Balaban J connectivity index is 2.34. The van der Waals surface area contributed by atoms with Crippen LogP contribution in [0.5, 0.6) is 0 Å². The number of aliphatic hydroxyl groups excluding tert-OH is 2. The normalized spacial score (nSPS) is 20.8. The van der Waals surface area contributed by atoms with Gasteiger partial charge in [0.2, 0.25) is 0 Å². The first-order valence-corrected chi connectivity index (χ1v) is 6.07. The number of likely N-dealkylation sites (tertiary alicyclic amines) is 1. The third kappa shape index (κ3) is 3.74. The van der Waals surface area contributed by atoms with Gasteiger partial charge in [0.1, 0.15) is 0 Å². The summed E-state index contributed by atoms with van der Waals surface area (Å²) in [6.45, 7) is 7.39. The fourth-order valence-electron chi connectivity index (χ4n) is 2.24. The Bertz CT molecular complexity index is 172. The highest BCUT2D eigenvalue weighted by molar-refractivity contribution is 4.80. The van der Waals surface area contributed by atoms with Crippen LogP contribution in [0.25, 0.3) is 0 Å². The van der Waals surface area contributed by atoms with Gasteiger partial charge in [-0.2, -0.15) is 0 Å². The third-order valence-corrected chi connectivity index (χ3v) is 3.65. The van der Waals surface area contributed by atoms with Gasteiger partial charge in [0.15, 0.2) is 0 Å². The zero-order chi connectivity index (χ0) is 11.3. The van der Waals surface area contributed by atoms with E-state index in [9.17, 15) is 10.2 Å². The molecular weight excluding hydrogens is 190 g/mol. The predicted molar refractivity (Wildman–Crippen MR) is 61.7 cm³/mol. The van der Waals surface area contributed by atoms with Crippen molar-refractivity contribution in [1.29, 1.82) is 0 Å². The van der Waals surface area contributed by atoms with Gasteiger partial charge in [-0.1, -0.05) is 20.3 Å². The molecule has 1 heterocycles.